The van der Waals surface area contributed by atoms with Crippen molar-refractivity contribution in [2.24, 2.45) is 0 Å². The van der Waals surface area contributed by atoms with E-state index < -0.39 is 0 Å². The SMILES string of the molecule is CC(S)C(=O)NC1CCC2CCC1O2. The van der Waals surface area contributed by atoms with Crippen LogP contribution in [0.2, 0.25) is 0 Å². The molecule has 2 saturated heterocycles. The van der Waals surface area contributed by atoms with E-state index in [1.165, 1.54) is 0 Å². The Hall–Kier alpha value is -0.220. The Morgan fingerprint density at radius 2 is 2.14 bits per heavy atom. The van der Waals surface area contributed by atoms with Gasteiger partial charge in [0.25, 0.3) is 0 Å². The van der Waals surface area contributed by atoms with Gasteiger partial charge in [-0.05, 0) is 32.6 Å². The number of fused-ring (bicyclic) bond motifs is 2. The zero-order valence-corrected chi connectivity index (χ0v) is 9.30. The highest BCUT2D eigenvalue weighted by molar-refractivity contribution is 7.81. The van der Waals surface area contributed by atoms with Gasteiger partial charge in [-0.2, -0.15) is 12.6 Å². The molecular weight excluding hydrogens is 198 g/mol. The molecule has 0 aliphatic carbocycles. The van der Waals surface area contributed by atoms with Crippen molar-refractivity contribution in [3.8, 4) is 0 Å². The van der Waals surface area contributed by atoms with Gasteiger partial charge in [0.15, 0.2) is 0 Å². The molecule has 0 spiro atoms. The Morgan fingerprint density at radius 1 is 1.43 bits per heavy atom. The van der Waals surface area contributed by atoms with Crippen molar-refractivity contribution in [2.45, 2.75) is 56.1 Å². The lowest BCUT2D eigenvalue weighted by Gasteiger charge is -2.30. The topological polar surface area (TPSA) is 38.3 Å². The Balaban J connectivity index is 1.89. The highest BCUT2D eigenvalue weighted by Crippen LogP contribution is 2.32. The maximum Gasteiger partial charge on any atom is 0.232 e. The van der Waals surface area contributed by atoms with Crippen molar-refractivity contribution < 1.29 is 9.53 Å². The van der Waals surface area contributed by atoms with Crippen LogP contribution in [-0.4, -0.2) is 29.4 Å². The Labute approximate surface area is 90.0 Å². The molecule has 2 heterocycles. The second kappa shape index (κ2) is 4.11. The molecule has 0 aromatic heterocycles. The van der Waals surface area contributed by atoms with Crippen LogP contribution >= 0.6 is 12.6 Å². The summed E-state index contributed by atoms with van der Waals surface area (Å²) < 4.78 is 5.75. The van der Waals surface area contributed by atoms with Gasteiger partial charge in [-0.3, -0.25) is 4.79 Å². The quantitative estimate of drug-likeness (QED) is 0.678. The smallest absolute Gasteiger partial charge is 0.232 e. The predicted octanol–water partition coefficient (Wildman–Crippen LogP) is 1.13. The lowest BCUT2D eigenvalue weighted by molar-refractivity contribution is -0.123. The normalized spacial score (nSPS) is 38.0. The van der Waals surface area contributed by atoms with Crippen LogP contribution in [0.15, 0.2) is 0 Å². The molecule has 1 amide bonds. The second-order valence-corrected chi connectivity index (χ2v) is 5.02. The highest BCUT2D eigenvalue weighted by atomic mass is 32.1. The van der Waals surface area contributed by atoms with E-state index >= 15 is 0 Å². The van der Waals surface area contributed by atoms with Gasteiger partial charge in [0.2, 0.25) is 5.91 Å². The lowest BCUT2D eigenvalue weighted by Crippen LogP contribution is -2.47. The van der Waals surface area contributed by atoms with Crippen molar-refractivity contribution in [1.82, 2.24) is 5.32 Å². The van der Waals surface area contributed by atoms with Crippen molar-refractivity contribution in [2.75, 3.05) is 0 Å². The second-order valence-electron chi connectivity index (χ2n) is 4.24. The molecule has 2 aliphatic rings. The molecule has 4 heteroatoms. The van der Waals surface area contributed by atoms with Crippen LogP contribution in [0.1, 0.15) is 32.6 Å². The Morgan fingerprint density at radius 3 is 2.86 bits per heavy atom. The first-order valence-electron chi connectivity index (χ1n) is 5.30. The standard InChI is InChI=1S/C10H17NO2S/c1-6(14)10(12)11-8-4-2-7-3-5-9(8)13-7/h6-9,14H,2-5H2,1H3,(H,11,12). The molecule has 3 nitrogen and oxygen atoms in total. The average Bonchev–Trinajstić information content (AvgIpc) is 2.53. The van der Waals surface area contributed by atoms with Crippen molar-refractivity contribution in [3.63, 3.8) is 0 Å². The fourth-order valence-electron chi connectivity index (χ4n) is 2.26. The lowest BCUT2D eigenvalue weighted by atomic mass is 10.0. The predicted molar refractivity (Wildman–Crippen MR) is 57.5 cm³/mol. The minimum Gasteiger partial charge on any atom is -0.373 e. The summed E-state index contributed by atoms with van der Waals surface area (Å²) in [6.07, 6.45) is 5.11. The number of ether oxygens (including phenoxy) is 1. The van der Waals surface area contributed by atoms with Gasteiger partial charge in [0, 0.05) is 0 Å². The summed E-state index contributed by atoms with van der Waals surface area (Å²) in [6.45, 7) is 1.79. The molecule has 0 aromatic carbocycles. The number of hydrogen-bond donors (Lipinski definition) is 2. The summed E-state index contributed by atoms with van der Waals surface area (Å²) in [7, 11) is 0. The molecule has 4 atom stereocenters. The van der Waals surface area contributed by atoms with Gasteiger partial charge in [0.05, 0.1) is 23.5 Å². The Bertz CT molecular complexity index is 232. The summed E-state index contributed by atoms with van der Waals surface area (Å²) in [5.41, 5.74) is 0. The van der Waals surface area contributed by atoms with Crippen LogP contribution < -0.4 is 5.32 Å². The van der Waals surface area contributed by atoms with Gasteiger partial charge in [-0.25, -0.2) is 0 Å². The third-order valence-electron chi connectivity index (χ3n) is 3.10. The highest BCUT2D eigenvalue weighted by Gasteiger charge is 2.37. The average molecular weight is 215 g/mol. The number of hydrogen-bond acceptors (Lipinski definition) is 3. The minimum absolute atomic E-state index is 0.0206. The van der Waals surface area contributed by atoms with E-state index in [1.807, 2.05) is 0 Å². The van der Waals surface area contributed by atoms with Crippen LogP contribution in [0, 0.1) is 0 Å². The number of carbonyl (C=O) groups excluding carboxylic acids is 1. The first kappa shape index (κ1) is 10.3. The zero-order chi connectivity index (χ0) is 10.1. The summed E-state index contributed by atoms with van der Waals surface area (Å²) in [6, 6.07) is 0.218. The van der Waals surface area contributed by atoms with Crippen LogP contribution in [-0.2, 0) is 9.53 Å². The van der Waals surface area contributed by atoms with Gasteiger partial charge in [-0.15, -0.1) is 0 Å². The fourth-order valence-corrected chi connectivity index (χ4v) is 2.34. The molecule has 0 radical (unpaired) electrons. The van der Waals surface area contributed by atoms with Crippen LogP contribution in [0.4, 0.5) is 0 Å². The first-order valence-corrected chi connectivity index (χ1v) is 5.82. The van der Waals surface area contributed by atoms with Gasteiger partial charge >= 0.3 is 0 Å². The molecule has 2 rings (SSSR count). The molecule has 1 N–H and O–H groups in total. The fraction of sp³-hybridized carbons (Fsp3) is 0.900. The van der Waals surface area contributed by atoms with Crippen LogP contribution in [0.3, 0.4) is 0 Å². The van der Waals surface area contributed by atoms with Gasteiger partial charge in [0.1, 0.15) is 0 Å². The van der Waals surface area contributed by atoms with Crippen LogP contribution in [0.5, 0.6) is 0 Å². The van der Waals surface area contributed by atoms with Crippen molar-refractivity contribution in [1.29, 1.82) is 0 Å². The monoisotopic (exact) mass is 215 g/mol. The van der Waals surface area contributed by atoms with Crippen molar-refractivity contribution >= 4 is 18.5 Å². The third kappa shape index (κ3) is 2.06. The summed E-state index contributed by atoms with van der Waals surface area (Å²) in [5.74, 6) is 0.0206. The number of rotatable bonds is 2. The molecule has 0 aromatic rings. The summed E-state index contributed by atoms with van der Waals surface area (Å²) >= 11 is 4.11. The molecule has 80 valence electrons. The molecular formula is C10H17NO2S. The van der Waals surface area contributed by atoms with E-state index in [-0.39, 0.29) is 23.3 Å². The molecule has 14 heavy (non-hydrogen) atoms. The molecule has 0 saturated carbocycles. The zero-order valence-electron chi connectivity index (χ0n) is 8.40. The molecule has 2 aliphatic heterocycles. The van der Waals surface area contributed by atoms with E-state index in [1.54, 1.807) is 6.92 Å². The molecule has 2 fully saturated rings. The number of carbonyl (C=O) groups is 1. The maximum absolute atomic E-state index is 11.4. The van der Waals surface area contributed by atoms with E-state index in [4.69, 9.17) is 4.74 Å². The number of nitrogens with one attached hydrogen (secondary N) is 1. The molecule has 4 unspecified atom stereocenters. The number of amides is 1. The van der Waals surface area contributed by atoms with Crippen molar-refractivity contribution in [3.05, 3.63) is 0 Å². The van der Waals surface area contributed by atoms with Gasteiger partial charge in [-0.1, -0.05) is 0 Å². The largest absolute Gasteiger partial charge is 0.373 e. The van der Waals surface area contributed by atoms with E-state index in [0.717, 1.165) is 25.7 Å². The Kier molecular flexibility index (Phi) is 3.02. The maximum atomic E-state index is 11.4. The third-order valence-corrected chi connectivity index (χ3v) is 3.33. The van der Waals surface area contributed by atoms with Crippen LogP contribution in [0.25, 0.3) is 0 Å². The molecule has 2 bridgehead atoms. The van der Waals surface area contributed by atoms with E-state index in [0.29, 0.717) is 6.10 Å². The summed E-state index contributed by atoms with van der Waals surface area (Å²) in [4.78, 5) is 11.4. The first-order chi connectivity index (χ1) is 6.66. The number of thiol groups is 1. The minimum atomic E-state index is -0.228. The van der Waals surface area contributed by atoms with E-state index in [9.17, 15) is 4.79 Å². The summed E-state index contributed by atoms with van der Waals surface area (Å²) in [5, 5.41) is 2.78. The van der Waals surface area contributed by atoms with Gasteiger partial charge < -0.3 is 10.1 Å². The van der Waals surface area contributed by atoms with E-state index in [2.05, 4.69) is 17.9 Å².